The number of halogens is 3. The van der Waals surface area contributed by atoms with Crippen molar-refractivity contribution in [2.24, 2.45) is 0 Å². The van der Waals surface area contributed by atoms with Crippen LogP contribution in [0.5, 0.6) is 0 Å². The van der Waals surface area contributed by atoms with Gasteiger partial charge in [0, 0.05) is 0 Å². The van der Waals surface area contributed by atoms with Gasteiger partial charge >= 0.3 is 6.18 Å². The summed E-state index contributed by atoms with van der Waals surface area (Å²) in [6, 6.07) is 12.2. The first-order chi connectivity index (χ1) is 9.93. The van der Waals surface area contributed by atoms with Gasteiger partial charge in [0.1, 0.15) is 0 Å². The fraction of sp³-hybridized carbons (Fsp3) is 0.333. The summed E-state index contributed by atoms with van der Waals surface area (Å²) in [6.07, 6.45) is -1.53. The molecule has 3 rings (SSSR count). The summed E-state index contributed by atoms with van der Waals surface area (Å²) in [7, 11) is 0. The third-order valence-electron chi connectivity index (χ3n) is 4.24. The number of aryl methyl sites for hydroxylation is 2. The molecule has 0 saturated carbocycles. The first-order valence-electron chi connectivity index (χ1n) is 7.19. The molecular weight excluding hydrogens is 273 g/mol. The maximum atomic E-state index is 12.8. The fourth-order valence-corrected chi connectivity index (χ4v) is 3.18. The Kier molecular flexibility index (Phi) is 3.52. The van der Waals surface area contributed by atoms with E-state index in [4.69, 9.17) is 0 Å². The van der Waals surface area contributed by atoms with Crippen molar-refractivity contribution in [3.8, 4) is 0 Å². The standard InChI is InChI=1S/C18H17F3/c1-12-5-6-14-7-8-15(17(14)9-12)10-13-3-2-4-16(11-13)18(19,20)21/h2-6,9,11,15H,7-8,10H2,1H3. The Morgan fingerprint density at radius 2 is 1.90 bits per heavy atom. The average Bonchev–Trinajstić information content (AvgIpc) is 2.81. The van der Waals surface area contributed by atoms with Crippen LogP contribution in [-0.2, 0) is 19.0 Å². The smallest absolute Gasteiger partial charge is 0.166 e. The monoisotopic (exact) mass is 290 g/mol. The third kappa shape index (κ3) is 2.97. The highest BCUT2D eigenvalue weighted by Gasteiger charge is 2.31. The molecule has 0 aliphatic heterocycles. The Bertz CT molecular complexity index is 656. The van der Waals surface area contributed by atoms with E-state index < -0.39 is 11.7 Å². The molecule has 110 valence electrons. The summed E-state index contributed by atoms with van der Waals surface area (Å²) < 4.78 is 38.3. The topological polar surface area (TPSA) is 0 Å². The van der Waals surface area contributed by atoms with E-state index in [0.29, 0.717) is 12.3 Å². The van der Waals surface area contributed by atoms with Crippen LogP contribution in [0.25, 0.3) is 0 Å². The Balaban J connectivity index is 1.85. The molecule has 21 heavy (non-hydrogen) atoms. The zero-order valence-corrected chi connectivity index (χ0v) is 11.9. The van der Waals surface area contributed by atoms with Crippen molar-refractivity contribution in [1.82, 2.24) is 0 Å². The second-order valence-corrected chi connectivity index (χ2v) is 5.84. The van der Waals surface area contributed by atoms with Crippen LogP contribution in [-0.4, -0.2) is 0 Å². The predicted octanol–water partition coefficient (Wildman–Crippen LogP) is 5.29. The molecule has 0 saturated heterocycles. The second kappa shape index (κ2) is 5.21. The molecule has 1 atom stereocenters. The van der Waals surface area contributed by atoms with Gasteiger partial charge in [0.25, 0.3) is 0 Å². The number of alkyl halides is 3. The average molecular weight is 290 g/mol. The van der Waals surface area contributed by atoms with Crippen LogP contribution < -0.4 is 0 Å². The molecular formula is C18H17F3. The number of rotatable bonds is 2. The zero-order valence-electron chi connectivity index (χ0n) is 11.9. The lowest BCUT2D eigenvalue weighted by atomic mass is 9.92. The van der Waals surface area contributed by atoms with E-state index in [1.165, 1.54) is 28.8 Å². The number of benzene rings is 2. The second-order valence-electron chi connectivity index (χ2n) is 5.84. The van der Waals surface area contributed by atoms with Crippen LogP contribution in [0.4, 0.5) is 13.2 Å². The summed E-state index contributed by atoms with van der Waals surface area (Å²) in [4.78, 5) is 0. The van der Waals surface area contributed by atoms with E-state index in [1.54, 1.807) is 6.07 Å². The molecule has 0 radical (unpaired) electrons. The van der Waals surface area contributed by atoms with Gasteiger partial charge in [-0.25, -0.2) is 0 Å². The van der Waals surface area contributed by atoms with E-state index in [9.17, 15) is 13.2 Å². The normalized spacial score (nSPS) is 17.8. The minimum atomic E-state index is -4.26. The Morgan fingerprint density at radius 3 is 2.67 bits per heavy atom. The summed E-state index contributed by atoms with van der Waals surface area (Å²) in [5.74, 6) is 0.336. The van der Waals surface area contributed by atoms with Crippen molar-refractivity contribution < 1.29 is 13.2 Å². The molecule has 0 bridgehead atoms. The Hall–Kier alpha value is -1.77. The van der Waals surface area contributed by atoms with Gasteiger partial charge in [-0.15, -0.1) is 0 Å². The van der Waals surface area contributed by atoms with Gasteiger partial charge in [0.05, 0.1) is 5.56 Å². The van der Waals surface area contributed by atoms with Crippen LogP contribution >= 0.6 is 0 Å². The third-order valence-corrected chi connectivity index (χ3v) is 4.24. The highest BCUT2D eigenvalue weighted by atomic mass is 19.4. The van der Waals surface area contributed by atoms with E-state index >= 15 is 0 Å². The van der Waals surface area contributed by atoms with Crippen molar-refractivity contribution in [1.29, 1.82) is 0 Å². The molecule has 1 unspecified atom stereocenters. The quantitative estimate of drug-likeness (QED) is 0.705. The van der Waals surface area contributed by atoms with Crippen LogP contribution in [0.15, 0.2) is 42.5 Å². The molecule has 0 nitrogen and oxygen atoms in total. The van der Waals surface area contributed by atoms with E-state index in [0.717, 1.165) is 24.5 Å². The Morgan fingerprint density at radius 1 is 1.10 bits per heavy atom. The SMILES string of the molecule is Cc1ccc2c(c1)C(Cc1cccc(C(F)(F)F)c1)CC2. The first kappa shape index (κ1) is 14.2. The highest BCUT2D eigenvalue weighted by Crippen LogP contribution is 2.37. The van der Waals surface area contributed by atoms with Crippen molar-refractivity contribution in [2.45, 2.75) is 38.3 Å². The number of fused-ring (bicyclic) bond motifs is 1. The molecule has 0 heterocycles. The van der Waals surface area contributed by atoms with Crippen LogP contribution in [0, 0.1) is 6.92 Å². The molecule has 2 aromatic rings. The van der Waals surface area contributed by atoms with Gasteiger partial charge in [-0.1, -0.05) is 42.0 Å². The van der Waals surface area contributed by atoms with Crippen molar-refractivity contribution >= 4 is 0 Å². The lowest BCUT2D eigenvalue weighted by Crippen LogP contribution is -2.06. The number of hydrogen-bond donors (Lipinski definition) is 0. The van der Waals surface area contributed by atoms with Gasteiger partial charge < -0.3 is 0 Å². The largest absolute Gasteiger partial charge is 0.416 e. The van der Waals surface area contributed by atoms with Gasteiger partial charge in [-0.05, 0) is 54.9 Å². The zero-order chi connectivity index (χ0) is 15.0. The molecule has 0 N–H and O–H groups in total. The predicted molar refractivity (Wildman–Crippen MR) is 77.4 cm³/mol. The summed E-state index contributed by atoms with van der Waals surface area (Å²) in [6.45, 7) is 2.06. The fourth-order valence-electron chi connectivity index (χ4n) is 3.18. The lowest BCUT2D eigenvalue weighted by molar-refractivity contribution is -0.137. The van der Waals surface area contributed by atoms with Crippen LogP contribution in [0.1, 0.15) is 40.2 Å². The summed E-state index contributed by atoms with van der Waals surface area (Å²) in [5, 5.41) is 0. The van der Waals surface area contributed by atoms with E-state index in [1.807, 2.05) is 0 Å². The molecule has 1 aliphatic rings. The molecule has 3 heteroatoms. The maximum absolute atomic E-state index is 12.8. The van der Waals surface area contributed by atoms with Crippen molar-refractivity contribution in [2.75, 3.05) is 0 Å². The minimum absolute atomic E-state index is 0.336. The van der Waals surface area contributed by atoms with Crippen LogP contribution in [0.2, 0.25) is 0 Å². The molecule has 0 fully saturated rings. The van der Waals surface area contributed by atoms with Gasteiger partial charge in [0.15, 0.2) is 0 Å². The Labute approximate surface area is 122 Å². The first-order valence-corrected chi connectivity index (χ1v) is 7.19. The van der Waals surface area contributed by atoms with E-state index in [2.05, 4.69) is 25.1 Å². The van der Waals surface area contributed by atoms with Gasteiger partial charge in [0.2, 0.25) is 0 Å². The van der Waals surface area contributed by atoms with Crippen molar-refractivity contribution in [3.05, 3.63) is 70.3 Å². The molecule has 2 aromatic carbocycles. The molecule has 0 amide bonds. The van der Waals surface area contributed by atoms with Gasteiger partial charge in [-0.2, -0.15) is 13.2 Å². The molecule has 0 aromatic heterocycles. The van der Waals surface area contributed by atoms with Crippen molar-refractivity contribution in [3.63, 3.8) is 0 Å². The van der Waals surface area contributed by atoms with E-state index in [-0.39, 0.29) is 0 Å². The summed E-state index contributed by atoms with van der Waals surface area (Å²) in [5.41, 5.74) is 4.08. The number of hydrogen-bond acceptors (Lipinski definition) is 0. The van der Waals surface area contributed by atoms with Crippen LogP contribution in [0.3, 0.4) is 0 Å². The molecule has 1 aliphatic carbocycles. The molecule has 0 spiro atoms. The highest BCUT2D eigenvalue weighted by molar-refractivity contribution is 5.39. The summed E-state index contributed by atoms with van der Waals surface area (Å²) >= 11 is 0. The lowest BCUT2D eigenvalue weighted by Gasteiger charge is -2.14. The maximum Gasteiger partial charge on any atom is 0.416 e. The van der Waals surface area contributed by atoms with Gasteiger partial charge in [-0.3, -0.25) is 0 Å². The minimum Gasteiger partial charge on any atom is -0.166 e.